The van der Waals surface area contributed by atoms with Gasteiger partial charge >= 0.3 is 0 Å². The number of hydrogen-bond donors (Lipinski definition) is 0. The van der Waals surface area contributed by atoms with Crippen molar-refractivity contribution in [2.45, 2.75) is 16.9 Å². The van der Waals surface area contributed by atoms with Crippen molar-refractivity contribution in [1.29, 1.82) is 0 Å². The van der Waals surface area contributed by atoms with Crippen LogP contribution in [0.5, 0.6) is 0 Å². The maximum absolute atomic E-state index is 3.64. The van der Waals surface area contributed by atoms with E-state index in [1.807, 2.05) is 6.08 Å². The second kappa shape index (κ2) is 3.46. The van der Waals surface area contributed by atoms with Crippen LogP contribution in [0.15, 0.2) is 12.7 Å². The predicted octanol–water partition coefficient (Wildman–Crippen LogP) is 2.17. The van der Waals surface area contributed by atoms with E-state index in [0.29, 0.717) is 0 Å². The zero-order valence-electron chi connectivity index (χ0n) is 4.57. The van der Waals surface area contributed by atoms with Gasteiger partial charge in [-0.15, -0.1) is 24.2 Å². The minimum Gasteiger partial charge on any atom is -0.106 e. The van der Waals surface area contributed by atoms with Crippen molar-refractivity contribution in [3.05, 3.63) is 12.7 Å². The lowest BCUT2D eigenvalue weighted by atomic mass is 10.8. The first-order chi connectivity index (χ1) is 2.77. The highest BCUT2D eigenvalue weighted by Gasteiger charge is 1.93. The van der Waals surface area contributed by atoms with Crippen LogP contribution < -0.4 is 0 Å². The molecule has 0 N–H and O–H groups in total. The molecule has 0 bridgehead atoms. The summed E-state index contributed by atoms with van der Waals surface area (Å²) in [6.45, 7) is 3.64. The van der Waals surface area contributed by atoms with Crippen LogP contribution in [0.25, 0.3) is 0 Å². The van der Waals surface area contributed by atoms with Crippen molar-refractivity contribution in [1.82, 2.24) is 0 Å². The first-order valence-electron chi connectivity index (χ1n) is 2.38. The molecule has 1 heteroatoms. The van der Waals surface area contributed by atoms with Crippen LogP contribution in [0.3, 0.4) is 0 Å². The van der Waals surface area contributed by atoms with Crippen LogP contribution >= 0.6 is 0 Å². The van der Waals surface area contributed by atoms with Gasteiger partial charge in [0.05, 0.1) is 0 Å². The summed E-state index contributed by atoms with van der Waals surface area (Å²) in [5.74, 6) is 4.64. The Labute approximate surface area is 45.7 Å². The van der Waals surface area contributed by atoms with Gasteiger partial charge in [-0.05, 0) is 0 Å². The highest BCUT2D eigenvalue weighted by Crippen LogP contribution is 1.87. The number of rotatable bonds is 2. The molecule has 6 heavy (non-hydrogen) atoms. The molecule has 36 valence electrons. The molecule has 0 rings (SSSR count). The fourth-order valence-electron chi connectivity index (χ4n) is 0.333. The maximum atomic E-state index is 3.64. The zero-order chi connectivity index (χ0) is 4.99. The standard InChI is InChI=1S/C3H5.2CH3.Al.H2/c1-3-2;;;;/h3H,1-2H2;2*1H3;;1H. The molecule has 0 nitrogen and oxygen atoms in total. The summed E-state index contributed by atoms with van der Waals surface area (Å²) in [6, 6.07) is 0. The monoisotopic (exact) mass is 100 g/mol. The Morgan fingerprint density at radius 2 is 2.33 bits per heavy atom. The van der Waals surface area contributed by atoms with E-state index in [1.165, 1.54) is 5.28 Å². The van der Waals surface area contributed by atoms with Gasteiger partial charge in [-0.1, -0.05) is 5.28 Å². The normalized spacial score (nSPS) is 7.67. The highest BCUT2D eigenvalue weighted by atomic mass is 27.2. The molecule has 0 atom stereocenters. The molecule has 0 aliphatic heterocycles. The Hall–Kier alpha value is 0.272. The third-order valence-corrected chi connectivity index (χ3v) is 1.91. The first-order valence-corrected chi connectivity index (χ1v) is 5.51. The predicted molar refractivity (Wildman–Crippen MR) is 34.6 cm³/mol. The average Bonchev–Trinajstić information content (AvgIpc) is 1.35. The summed E-state index contributed by atoms with van der Waals surface area (Å²) in [4.78, 5) is 0. The molecular formula is C5H13Al. The van der Waals surface area contributed by atoms with Crippen LogP contribution in [-0.2, 0) is 0 Å². The molecule has 0 radical (unpaired) electrons. The van der Waals surface area contributed by atoms with Crippen molar-refractivity contribution in [3.63, 3.8) is 0 Å². The fourth-order valence-corrected chi connectivity index (χ4v) is 1.00. The van der Waals surface area contributed by atoms with Gasteiger partial charge in [0.2, 0.25) is 0 Å². The van der Waals surface area contributed by atoms with Gasteiger partial charge in [0.15, 0.2) is 0 Å². The van der Waals surface area contributed by atoms with E-state index in [9.17, 15) is 0 Å². The van der Waals surface area contributed by atoms with E-state index in [2.05, 4.69) is 18.2 Å². The summed E-state index contributed by atoms with van der Waals surface area (Å²) in [6.07, 6.45) is 2.01. The summed E-state index contributed by atoms with van der Waals surface area (Å²) in [5.41, 5.74) is 0. The highest BCUT2D eigenvalue weighted by molar-refractivity contribution is 6.56. The van der Waals surface area contributed by atoms with Gasteiger partial charge < -0.3 is 0 Å². The van der Waals surface area contributed by atoms with Gasteiger partial charge in [0, 0.05) is 1.43 Å². The molecule has 0 amide bonds. The average molecular weight is 100 g/mol. The molecule has 0 heterocycles. The van der Waals surface area contributed by atoms with E-state index in [1.54, 1.807) is 0 Å². The molecule has 0 spiro atoms. The second-order valence-electron chi connectivity index (χ2n) is 1.92. The van der Waals surface area contributed by atoms with Crippen molar-refractivity contribution in [2.75, 3.05) is 0 Å². The molecule has 0 aromatic carbocycles. The third kappa shape index (κ3) is 4.27. The summed E-state index contributed by atoms with van der Waals surface area (Å²) in [5, 5.41) is 1.28. The van der Waals surface area contributed by atoms with Crippen molar-refractivity contribution >= 4 is 14.1 Å². The Kier molecular flexibility index (Phi) is 3.62. The molecule has 0 saturated heterocycles. The minimum absolute atomic E-state index is 0. The van der Waals surface area contributed by atoms with Crippen LogP contribution in [0.4, 0.5) is 0 Å². The maximum Gasteiger partial charge on any atom is 0.259 e. The molecule has 0 aromatic heterocycles. The largest absolute Gasteiger partial charge is 0.259 e. The fraction of sp³-hybridized carbons (Fsp3) is 0.600. The topological polar surface area (TPSA) is 0 Å². The van der Waals surface area contributed by atoms with Crippen molar-refractivity contribution in [2.24, 2.45) is 0 Å². The smallest absolute Gasteiger partial charge is 0.106 e. The van der Waals surface area contributed by atoms with Crippen LogP contribution in [-0.4, -0.2) is 14.1 Å². The van der Waals surface area contributed by atoms with E-state index in [-0.39, 0.29) is 15.6 Å². The van der Waals surface area contributed by atoms with Gasteiger partial charge in [0.1, 0.15) is 0 Å². The van der Waals surface area contributed by atoms with Crippen LogP contribution in [0.1, 0.15) is 1.43 Å². The van der Waals surface area contributed by atoms with Crippen molar-refractivity contribution in [3.8, 4) is 0 Å². The van der Waals surface area contributed by atoms with E-state index >= 15 is 0 Å². The summed E-state index contributed by atoms with van der Waals surface area (Å²) in [7, 11) is 0. The summed E-state index contributed by atoms with van der Waals surface area (Å²) < 4.78 is 0. The number of hydrogen-bond acceptors (Lipinski definition) is 0. The van der Waals surface area contributed by atoms with Gasteiger partial charge in [-0.2, -0.15) is 0 Å². The minimum atomic E-state index is -0.289. The Morgan fingerprint density at radius 3 is 2.33 bits per heavy atom. The molecule has 0 aliphatic rings. The van der Waals surface area contributed by atoms with E-state index in [4.69, 9.17) is 0 Å². The van der Waals surface area contributed by atoms with Gasteiger partial charge in [0.25, 0.3) is 14.1 Å². The molecule has 0 unspecified atom stereocenters. The summed E-state index contributed by atoms with van der Waals surface area (Å²) >= 11 is -0.289. The first kappa shape index (κ1) is 6.27. The quantitative estimate of drug-likeness (QED) is 0.368. The Bertz CT molecular complexity index is 43.3. The molecule has 0 saturated carbocycles. The lowest BCUT2D eigenvalue weighted by Crippen LogP contribution is -1.93. The van der Waals surface area contributed by atoms with Crippen LogP contribution in [0, 0.1) is 0 Å². The zero-order valence-corrected chi connectivity index (χ0v) is 5.72. The van der Waals surface area contributed by atoms with Gasteiger partial charge in [-0.3, -0.25) is 0 Å². The lowest BCUT2D eigenvalue weighted by Gasteiger charge is -1.83. The molecule has 0 aliphatic carbocycles. The Balaban J connectivity index is 0. The van der Waals surface area contributed by atoms with Crippen molar-refractivity contribution < 1.29 is 1.43 Å². The molecular weight excluding hydrogens is 87.0 g/mol. The molecule has 0 aromatic rings. The number of allylic oxidation sites excluding steroid dienone is 1. The van der Waals surface area contributed by atoms with E-state index < -0.39 is 0 Å². The SMILES string of the molecule is C=C[CH2][Al]([CH3])[CH3].[HH]. The van der Waals surface area contributed by atoms with E-state index in [0.717, 1.165) is 0 Å². The third-order valence-electron chi connectivity index (χ3n) is 0.638. The Morgan fingerprint density at radius 1 is 1.83 bits per heavy atom. The lowest BCUT2D eigenvalue weighted by molar-refractivity contribution is 1.63. The molecule has 0 fully saturated rings. The second-order valence-corrected chi connectivity index (χ2v) is 5.18. The van der Waals surface area contributed by atoms with Gasteiger partial charge in [-0.25, -0.2) is 0 Å². The van der Waals surface area contributed by atoms with Crippen LogP contribution in [0.2, 0.25) is 16.9 Å².